The van der Waals surface area contributed by atoms with Gasteiger partial charge in [0.15, 0.2) is 11.4 Å². The minimum Gasteiger partial charge on any atom is -0.510 e. The number of nitrogens with zero attached hydrogens (tertiary/aromatic N) is 1. The summed E-state index contributed by atoms with van der Waals surface area (Å²) in [6, 6.07) is 3.05. The van der Waals surface area contributed by atoms with Crippen molar-refractivity contribution >= 4 is 23.4 Å². The van der Waals surface area contributed by atoms with Crippen LogP contribution in [0.1, 0.15) is 35.7 Å². The summed E-state index contributed by atoms with van der Waals surface area (Å²) in [4.78, 5) is 52.3. The number of ketones is 2. The average molecular weight is 486 g/mol. The average Bonchev–Trinajstić information content (AvgIpc) is 2.75. The topological polar surface area (TPSA) is 185 Å². The van der Waals surface area contributed by atoms with Crippen LogP contribution in [0.4, 0.5) is 0 Å². The number of phenols is 1. The van der Waals surface area contributed by atoms with Crippen LogP contribution < -0.4 is 5.32 Å². The van der Waals surface area contributed by atoms with Gasteiger partial charge in [0.1, 0.15) is 22.8 Å². The van der Waals surface area contributed by atoms with Gasteiger partial charge in [-0.1, -0.05) is 19.1 Å². The highest BCUT2D eigenvalue weighted by molar-refractivity contribution is 6.27. The fourth-order valence-corrected chi connectivity index (χ4v) is 5.79. The second kappa shape index (κ2) is 8.01. The second-order valence-electron chi connectivity index (χ2n) is 9.44. The van der Waals surface area contributed by atoms with E-state index in [1.54, 1.807) is 13.0 Å². The van der Waals surface area contributed by atoms with Crippen LogP contribution in [0.3, 0.4) is 0 Å². The quantitative estimate of drug-likeness (QED) is 0.307. The molecule has 3 aliphatic carbocycles. The van der Waals surface area contributed by atoms with E-state index in [1.165, 1.54) is 31.1 Å². The van der Waals surface area contributed by atoms with Gasteiger partial charge in [-0.25, -0.2) is 0 Å². The van der Waals surface area contributed by atoms with Crippen LogP contribution in [0.5, 0.6) is 5.75 Å². The number of carbonyl (C=O) groups is 4. The maximum absolute atomic E-state index is 13.5. The molecule has 186 valence electrons. The fourth-order valence-electron chi connectivity index (χ4n) is 5.79. The molecule has 0 saturated heterocycles. The van der Waals surface area contributed by atoms with E-state index in [-0.39, 0.29) is 11.3 Å². The number of Topliss-reactive ketones (excluding diaryl/α,β-unsaturated/α-hetero) is 2. The minimum absolute atomic E-state index is 0.132. The number of aromatic hydroxyl groups is 1. The molecule has 2 amide bonds. The predicted octanol–water partition coefficient (Wildman–Crippen LogP) is -0.170. The molecule has 4 rings (SSSR count). The Hall–Kier alpha value is -3.54. The van der Waals surface area contributed by atoms with Gasteiger partial charge in [-0.15, -0.1) is 0 Å². The number of fused-ring (bicyclic) bond motifs is 3. The third-order valence-electron chi connectivity index (χ3n) is 7.27. The van der Waals surface area contributed by atoms with E-state index in [0.29, 0.717) is 5.56 Å². The van der Waals surface area contributed by atoms with Gasteiger partial charge in [0, 0.05) is 18.4 Å². The molecule has 0 unspecified atom stereocenters. The number of imide groups is 1. The van der Waals surface area contributed by atoms with Crippen molar-refractivity contribution in [1.82, 2.24) is 10.2 Å². The summed E-state index contributed by atoms with van der Waals surface area (Å²) in [5.41, 5.74) is -4.14. The molecule has 0 spiro atoms. The van der Waals surface area contributed by atoms with Gasteiger partial charge in [-0.05, 0) is 31.6 Å². The first-order valence-corrected chi connectivity index (χ1v) is 10.9. The number of hydrogen-bond acceptors (Lipinski definition) is 10. The molecule has 11 nitrogen and oxygen atoms in total. The molecule has 0 aromatic heterocycles. The highest BCUT2D eigenvalue weighted by Crippen LogP contribution is 2.55. The first-order chi connectivity index (χ1) is 16.3. The summed E-state index contributed by atoms with van der Waals surface area (Å²) in [6.45, 7) is 2.66. The van der Waals surface area contributed by atoms with Gasteiger partial charge in [0.2, 0.25) is 11.7 Å². The zero-order valence-corrected chi connectivity index (χ0v) is 19.4. The van der Waals surface area contributed by atoms with Crippen molar-refractivity contribution in [2.75, 3.05) is 14.1 Å². The lowest BCUT2D eigenvalue weighted by Crippen LogP contribution is -2.68. The summed E-state index contributed by atoms with van der Waals surface area (Å²) in [7, 11) is 2.92. The van der Waals surface area contributed by atoms with E-state index in [2.05, 4.69) is 0 Å². The standard InChI is InChI=1S/C24H26N2O9/c1-8-10-6-5-7-11(28)13(10)18(29)14-12(8)19(30)16-17(26(3)4)20(31)15(23(34)25-9(2)27)22(33)24(16,35)21(14)32/h5-8,12,16-17,19,28,30-32,35H,1-4H3,(H,25,27,34)/t8-,12+,16+,17-,19-,24-/m0/s1. The number of likely N-dealkylation sites (N-methyl/N-ethyl adjacent to an activating group) is 1. The third-order valence-corrected chi connectivity index (χ3v) is 7.27. The molecule has 0 radical (unpaired) electrons. The molecule has 35 heavy (non-hydrogen) atoms. The lowest BCUT2D eigenvalue weighted by Gasteiger charge is -2.53. The van der Waals surface area contributed by atoms with E-state index in [1.807, 2.05) is 5.32 Å². The number of nitrogens with one attached hydrogen (secondary N) is 1. The molecule has 1 aromatic carbocycles. The van der Waals surface area contributed by atoms with Gasteiger partial charge in [0.25, 0.3) is 5.91 Å². The van der Waals surface area contributed by atoms with Crippen LogP contribution in [0.2, 0.25) is 0 Å². The molecule has 3 aliphatic rings. The highest BCUT2D eigenvalue weighted by Gasteiger charge is 2.67. The molecule has 6 atom stereocenters. The lowest BCUT2D eigenvalue weighted by atomic mass is 9.55. The van der Waals surface area contributed by atoms with Gasteiger partial charge in [-0.2, -0.15) is 0 Å². The normalized spacial score (nSPS) is 32.3. The smallest absolute Gasteiger partial charge is 0.265 e. The summed E-state index contributed by atoms with van der Waals surface area (Å²) in [6.07, 6.45) is -1.64. The number of aliphatic hydroxyl groups is 4. The van der Waals surface area contributed by atoms with Crippen LogP contribution in [-0.4, -0.2) is 85.7 Å². The largest absolute Gasteiger partial charge is 0.510 e. The maximum atomic E-state index is 13.5. The second-order valence-corrected chi connectivity index (χ2v) is 9.44. The van der Waals surface area contributed by atoms with Crippen LogP contribution in [-0.2, 0) is 14.4 Å². The Morgan fingerprint density at radius 3 is 2.31 bits per heavy atom. The molecule has 6 N–H and O–H groups in total. The van der Waals surface area contributed by atoms with Gasteiger partial charge >= 0.3 is 0 Å². The van der Waals surface area contributed by atoms with Gasteiger partial charge < -0.3 is 25.5 Å². The van der Waals surface area contributed by atoms with E-state index in [9.17, 15) is 44.7 Å². The number of carbonyl (C=O) groups excluding carboxylic acids is 4. The molecular formula is C24H26N2O9. The Labute approximate surface area is 200 Å². The van der Waals surface area contributed by atoms with E-state index in [0.717, 1.165) is 6.92 Å². The zero-order valence-electron chi connectivity index (χ0n) is 19.4. The minimum atomic E-state index is -2.98. The highest BCUT2D eigenvalue weighted by atomic mass is 16.4. The Balaban J connectivity index is 2.02. The number of amides is 2. The Morgan fingerprint density at radius 1 is 1.11 bits per heavy atom. The molecule has 0 bridgehead atoms. The first kappa shape index (κ1) is 24.6. The van der Waals surface area contributed by atoms with Crippen molar-refractivity contribution in [1.29, 1.82) is 0 Å². The van der Waals surface area contributed by atoms with E-state index in [4.69, 9.17) is 0 Å². The molecule has 0 fully saturated rings. The van der Waals surface area contributed by atoms with Crippen molar-refractivity contribution in [2.24, 2.45) is 11.8 Å². The zero-order chi connectivity index (χ0) is 26.1. The maximum Gasteiger partial charge on any atom is 0.265 e. The summed E-state index contributed by atoms with van der Waals surface area (Å²) < 4.78 is 0. The molecule has 0 aliphatic heterocycles. The van der Waals surface area contributed by atoms with Crippen molar-refractivity contribution in [3.63, 3.8) is 0 Å². The SMILES string of the molecule is CC(=O)NC(=O)C1=C(O)[C@@H](N(C)C)[C@@H]2[C@@H](O)[C@H]3C(=C(O)[C@]2(O)C1=O)C(=O)c1c(O)cccc1[C@@H]3C. The Kier molecular flexibility index (Phi) is 5.62. The van der Waals surface area contributed by atoms with Crippen LogP contribution in [0.15, 0.2) is 40.9 Å². The molecule has 1 aromatic rings. The fraction of sp³-hybridized carbons (Fsp3) is 0.417. The number of phenolic OH excluding ortho intramolecular Hbond substituents is 1. The van der Waals surface area contributed by atoms with Crippen molar-refractivity contribution in [3.05, 3.63) is 52.0 Å². The number of benzene rings is 1. The molecule has 11 heteroatoms. The lowest BCUT2D eigenvalue weighted by molar-refractivity contribution is -0.162. The van der Waals surface area contributed by atoms with Gasteiger partial charge in [-0.3, -0.25) is 29.4 Å². The van der Waals surface area contributed by atoms with Crippen molar-refractivity contribution in [2.45, 2.75) is 37.5 Å². The van der Waals surface area contributed by atoms with Crippen molar-refractivity contribution < 1.29 is 44.7 Å². The van der Waals surface area contributed by atoms with Gasteiger partial charge in [0.05, 0.1) is 23.6 Å². The monoisotopic (exact) mass is 486 g/mol. The molecule has 0 heterocycles. The summed E-state index contributed by atoms with van der Waals surface area (Å²) in [5.74, 6) is -10.1. The van der Waals surface area contributed by atoms with Crippen LogP contribution in [0, 0.1) is 11.8 Å². The molecular weight excluding hydrogens is 460 g/mol. The van der Waals surface area contributed by atoms with E-state index >= 15 is 0 Å². The Bertz CT molecular complexity index is 1250. The molecule has 0 saturated carbocycles. The Morgan fingerprint density at radius 2 is 1.74 bits per heavy atom. The third kappa shape index (κ3) is 3.15. The number of rotatable bonds is 2. The first-order valence-electron chi connectivity index (χ1n) is 10.9. The predicted molar refractivity (Wildman–Crippen MR) is 119 cm³/mol. The number of aliphatic hydroxyl groups excluding tert-OH is 3. The van der Waals surface area contributed by atoms with Crippen molar-refractivity contribution in [3.8, 4) is 5.75 Å². The summed E-state index contributed by atoms with van der Waals surface area (Å²) >= 11 is 0. The summed E-state index contributed by atoms with van der Waals surface area (Å²) in [5, 5.41) is 57.6. The van der Waals surface area contributed by atoms with Crippen LogP contribution >= 0.6 is 0 Å². The van der Waals surface area contributed by atoms with Crippen LogP contribution in [0.25, 0.3) is 0 Å². The van der Waals surface area contributed by atoms with E-state index < -0.39 is 81.5 Å². The number of hydrogen-bond donors (Lipinski definition) is 6.